The van der Waals surface area contributed by atoms with E-state index in [0.717, 1.165) is 11.1 Å². The highest BCUT2D eigenvalue weighted by Crippen LogP contribution is 2.16. The summed E-state index contributed by atoms with van der Waals surface area (Å²) in [4.78, 5) is 78.5. The number of carbonyl (C=O) groups is 6. The molecule has 54 heavy (non-hydrogen) atoms. The molecule has 0 saturated carbocycles. The van der Waals surface area contributed by atoms with Crippen LogP contribution in [0.15, 0.2) is 48.5 Å². The Morgan fingerprint density at radius 2 is 1.07 bits per heavy atom. The minimum Gasteiger partial charge on any atom is -0.468 e. The van der Waals surface area contributed by atoms with Crippen molar-refractivity contribution < 1.29 is 57.2 Å². The molecule has 296 valence electrons. The van der Waals surface area contributed by atoms with Crippen LogP contribution in [0, 0.1) is 0 Å². The number of hydrogen-bond donors (Lipinski definition) is 2. The number of hydrogen-bond acceptors (Lipinski definition) is 16. The monoisotopic (exact) mass is 775 g/mol. The maximum absolute atomic E-state index is 13.2. The minimum atomic E-state index is -0.920. The van der Waals surface area contributed by atoms with E-state index in [1.807, 2.05) is 12.1 Å². The standard InChI is InChI=1S/C36H49N5O12S/c1-48-30(42)21-39(15-16-40(22-31(43)49-2)23-32(44)50-3)17-18-41(24-33(45)51-4)29(35(47)53-6)19-25-9-13-28(14-10-25)38-36(54)37-20-26-7-11-27(12-8-26)34(46)52-5/h7-14,29H,15-24H2,1-6H3,(H2,37,38,54). The third kappa shape index (κ3) is 16.2. The van der Waals surface area contributed by atoms with E-state index in [0.29, 0.717) is 22.9 Å². The molecule has 18 heteroatoms. The molecule has 0 aliphatic carbocycles. The Morgan fingerprint density at radius 3 is 1.59 bits per heavy atom. The number of thiocarbonyl (C=S) groups is 1. The first-order valence-electron chi connectivity index (χ1n) is 16.7. The van der Waals surface area contributed by atoms with Gasteiger partial charge in [0.15, 0.2) is 5.11 Å². The van der Waals surface area contributed by atoms with Crippen molar-refractivity contribution in [3.63, 3.8) is 0 Å². The third-order valence-corrected chi connectivity index (χ3v) is 8.37. The Kier molecular flexibility index (Phi) is 20.2. The second-order valence-corrected chi connectivity index (χ2v) is 12.1. The van der Waals surface area contributed by atoms with Crippen LogP contribution in [-0.2, 0) is 65.4 Å². The molecule has 1 unspecified atom stereocenters. The first kappa shape index (κ1) is 45.0. The molecule has 0 radical (unpaired) electrons. The molecule has 0 saturated heterocycles. The van der Waals surface area contributed by atoms with Crippen LogP contribution >= 0.6 is 12.2 Å². The normalized spacial score (nSPS) is 11.4. The zero-order chi connectivity index (χ0) is 40.0. The van der Waals surface area contributed by atoms with Gasteiger partial charge in [-0.2, -0.15) is 0 Å². The van der Waals surface area contributed by atoms with Crippen molar-refractivity contribution in [1.82, 2.24) is 20.0 Å². The topological polar surface area (TPSA) is 192 Å². The van der Waals surface area contributed by atoms with Gasteiger partial charge in [0.25, 0.3) is 0 Å². The fraction of sp³-hybridized carbons (Fsp3) is 0.472. The van der Waals surface area contributed by atoms with Gasteiger partial charge < -0.3 is 39.1 Å². The highest BCUT2D eigenvalue weighted by Gasteiger charge is 2.30. The lowest BCUT2D eigenvalue weighted by atomic mass is 10.0. The second-order valence-electron chi connectivity index (χ2n) is 11.7. The lowest BCUT2D eigenvalue weighted by molar-refractivity contribution is -0.151. The van der Waals surface area contributed by atoms with Crippen molar-refractivity contribution in [2.45, 2.75) is 19.0 Å². The van der Waals surface area contributed by atoms with Crippen LogP contribution in [0.1, 0.15) is 21.5 Å². The summed E-state index contributed by atoms with van der Waals surface area (Å²) in [5.41, 5.74) is 2.79. The van der Waals surface area contributed by atoms with E-state index in [1.165, 1.54) is 47.6 Å². The van der Waals surface area contributed by atoms with Crippen molar-refractivity contribution in [1.29, 1.82) is 0 Å². The molecular formula is C36H49N5O12S. The molecular weight excluding hydrogens is 726 g/mol. The first-order valence-corrected chi connectivity index (χ1v) is 17.1. The highest BCUT2D eigenvalue weighted by atomic mass is 32.1. The summed E-state index contributed by atoms with van der Waals surface area (Å²) in [7, 11) is 7.52. The van der Waals surface area contributed by atoms with Gasteiger partial charge in [0.2, 0.25) is 0 Å². The second kappa shape index (κ2) is 24.2. The summed E-state index contributed by atoms with van der Waals surface area (Å²) in [5.74, 6) is -3.26. The third-order valence-electron chi connectivity index (χ3n) is 8.12. The molecule has 0 amide bonds. The van der Waals surface area contributed by atoms with Gasteiger partial charge in [-0.3, -0.25) is 38.7 Å². The van der Waals surface area contributed by atoms with E-state index >= 15 is 0 Å². The van der Waals surface area contributed by atoms with Gasteiger partial charge in [0.05, 0.1) is 74.4 Å². The van der Waals surface area contributed by atoms with Crippen LogP contribution in [0.2, 0.25) is 0 Å². The molecule has 0 bridgehead atoms. The van der Waals surface area contributed by atoms with Crippen LogP contribution in [0.25, 0.3) is 0 Å². The van der Waals surface area contributed by atoms with Crippen LogP contribution in [0.3, 0.4) is 0 Å². The largest absolute Gasteiger partial charge is 0.468 e. The van der Waals surface area contributed by atoms with Crippen molar-refractivity contribution in [3.05, 3.63) is 65.2 Å². The zero-order valence-corrected chi connectivity index (χ0v) is 32.2. The molecule has 1 atom stereocenters. The fourth-order valence-corrected chi connectivity index (χ4v) is 5.22. The number of esters is 6. The maximum Gasteiger partial charge on any atom is 0.337 e. The molecule has 17 nitrogen and oxygen atoms in total. The Morgan fingerprint density at radius 1 is 0.593 bits per heavy atom. The molecule has 0 heterocycles. The summed E-state index contributed by atoms with van der Waals surface area (Å²) in [5, 5.41) is 6.58. The molecule has 0 spiro atoms. The molecule has 2 aromatic carbocycles. The number of nitrogens with zero attached hydrogens (tertiary/aromatic N) is 3. The molecule has 2 aromatic rings. The predicted octanol–water partition coefficient (Wildman–Crippen LogP) is 0.642. The van der Waals surface area contributed by atoms with Gasteiger partial charge in [-0.25, -0.2) is 4.79 Å². The van der Waals surface area contributed by atoms with Crippen molar-refractivity contribution in [3.8, 4) is 0 Å². The Labute approximate surface area is 320 Å². The Hall–Kier alpha value is -5.17. The first-order chi connectivity index (χ1) is 25.8. The quantitative estimate of drug-likeness (QED) is 0.0962. The van der Waals surface area contributed by atoms with Crippen LogP contribution < -0.4 is 10.6 Å². The maximum atomic E-state index is 13.2. The predicted molar refractivity (Wildman–Crippen MR) is 199 cm³/mol. The molecule has 0 fully saturated rings. The van der Waals surface area contributed by atoms with Gasteiger partial charge >= 0.3 is 35.8 Å². The van der Waals surface area contributed by atoms with Crippen molar-refractivity contribution >= 4 is 58.8 Å². The lowest BCUT2D eigenvalue weighted by Gasteiger charge is -2.32. The van der Waals surface area contributed by atoms with E-state index in [-0.39, 0.29) is 58.8 Å². The van der Waals surface area contributed by atoms with Crippen molar-refractivity contribution in [2.75, 3.05) is 100 Å². The van der Waals surface area contributed by atoms with E-state index in [9.17, 15) is 28.8 Å². The van der Waals surface area contributed by atoms with E-state index in [1.54, 1.807) is 46.2 Å². The lowest BCUT2D eigenvalue weighted by Crippen LogP contribution is -2.50. The number of nitrogens with one attached hydrogen (secondary N) is 2. The van der Waals surface area contributed by atoms with Crippen LogP contribution in [0.4, 0.5) is 5.69 Å². The average molecular weight is 776 g/mol. The van der Waals surface area contributed by atoms with Gasteiger partial charge in [0, 0.05) is 38.4 Å². The van der Waals surface area contributed by atoms with Gasteiger partial charge in [0.1, 0.15) is 6.04 Å². The van der Waals surface area contributed by atoms with Crippen LogP contribution in [-0.4, -0.2) is 157 Å². The number of methoxy groups -OCH3 is 6. The fourth-order valence-electron chi connectivity index (χ4n) is 5.03. The number of ether oxygens (including phenoxy) is 6. The zero-order valence-electron chi connectivity index (χ0n) is 31.4. The summed E-state index contributed by atoms with van der Waals surface area (Å²) in [6.07, 6.45) is 0.164. The summed E-state index contributed by atoms with van der Waals surface area (Å²) < 4.78 is 29.1. The Bertz CT molecular complexity index is 1540. The molecule has 0 aliphatic rings. The van der Waals surface area contributed by atoms with Crippen LogP contribution in [0.5, 0.6) is 0 Å². The summed E-state index contributed by atoms with van der Waals surface area (Å²) >= 11 is 5.44. The Balaban J connectivity index is 2.16. The van der Waals surface area contributed by atoms with Crippen molar-refractivity contribution in [2.24, 2.45) is 0 Å². The SMILES string of the molecule is COC(=O)CN(CCN(CC(=O)OC)CC(=O)OC)CCN(CC(=O)OC)C(Cc1ccc(NC(=S)NCc2ccc(C(=O)OC)cc2)cc1)C(=O)OC. The summed E-state index contributed by atoms with van der Waals surface area (Å²) in [6, 6.07) is 13.2. The van der Waals surface area contributed by atoms with E-state index in [2.05, 4.69) is 10.6 Å². The number of carbonyl (C=O) groups excluding carboxylic acids is 6. The molecule has 0 aromatic heterocycles. The van der Waals surface area contributed by atoms with Gasteiger partial charge in [-0.05, 0) is 54.0 Å². The number of rotatable bonds is 22. The highest BCUT2D eigenvalue weighted by molar-refractivity contribution is 7.80. The average Bonchev–Trinajstić information content (AvgIpc) is 3.19. The number of benzene rings is 2. The van der Waals surface area contributed by atoms with Gasteiger partial charge in [-0.1, -0.05) is 24.3 Å². The summed E-state index contributed by atoms with van der Waals surface area (Å²) in [6.45, 7) is 0.276. The van der Waals surface area contributed by atoms with E-state index in [4.69, 9.17) is 40.6 Å². The molecule has 0 aliphatic heterocycles. The smallest absolute Gasteiger partial charge is 0.337 e. The minimum absolute atomic E-state index is 0.116. The van der Waals surface area contributed by atoms with Gasteiger partial charge in [-0.15, -0.1) is 0 Å². The number of anilines is 1. The molecule has 2 N–H and O–H groups in total. The molecule has 2 rings (SSSR count). The van der Waals surface area contributed by atoms with E-state index < -0.39 is 41.9 Å².